The molecule has 2 amide bonds. The number of benzene rings is 1. The number of H-pyrrole nitrogens is 1. The predicted octanol–water partition coefficient (Wildman–Crippen LogP) is 1.17. The molecule has 2 aliphatic heterocycles. The number of pyridine rings is 1. The molecule has 0 radical (unpaired) electrons. The van der Waals surface area contributed by atoms with Gasteiger partial charge in [-0.3, -0.25) is 19.3 Å². The van der Waals surface area contributed by atoms with Crippen molar-refractivity contribution in [2.75, 3.05) is 16.0 Å². The molecule has 1 fully saturated rings. The lowest BCUT2D eigenvalue weighted by Crippen LogP contribution is -2.33. The number of anilines is 2. The second-order valence-corrected chi connectivity index (χ2v) is 6.19. The Morgan fingerprint density at radius 3 is 2.76 bits per heavy atom. The first kappa shape index (κ1) is 15.3. The maximum absolute atomic E-state index is 12.1. The molecule has 0 spiro atoms. The van der Waals surface area contributed by atoms with Crippen molar-refractivity contribution >= 4 is 45.8 Å². The van der Waals surface area contributed by atoms with E-state index in [1.165, 1.54) is 23.4 Å². The van der Waals surface area contributed by atoms with Gasteiger partial charge in [-0.15, -0.1) is 10.2 Å². The molecule has 0 atom stereocenters. The Hall–Kier alpha value is -3.20. The lowest BCUT2D eigenvalue weighted by molar-refractivity contribution is -0.115. The van der Waals surface area contributed by atoms with Crippen molar-refractivity contribution in [2.24, 2.45) is 10.2 Å². The Morgan fingerprint density at radius 1 is 1.08 bits per heavy atom. The fraction of sp³-hybridized carbons (Fsp3) is 0.0625. The minimum atomic E-state index is -0.357. The Balaban J connectivity index is 1.74. The SMILES string of the molecule is O=C1Nc2ccccc2/C1=N/N=C1/SCC(=O)N1c1c[nH]ccc1=O. The van der Waals surface area contributed by atoms with Gasteiger partial charge in [0, 0.05) is 24.0 Å². The molecule has 25 heavy (non-hydrogen) atoms. The third-order valence-electron chi connectivity index (χ3n) is 3.69. The monoisotopic (exact) mass is 353 g/mol. The van der Waals surface area contributed by atoms with Crippen LogP contribution in [-0.2, 0) is 9.59 Å². The molecule has 2 aliphatic rings. The van der Waals surface area contributed by atoms with Gasteiger partial charge in [-0.05, 0) is 6.07 Å². The number of para-hydroxylation sites is 1. The summed E-state index contributed by atoms with van der Waals surface area (Å²) in [6.07, 6.45) is 2.92. The van der Waals surface area contributed by atoms with Crippen molar-refractivity contribution in [1.29, 1.82) is 0 Å². The van der Waals surface area contributed by atoms with Crippen LogP contribution in [0.4, 0.5) is 11.4 Å². The number of thioether (sulfide) groups is 1. The van der Waals surface area contributed by atoms with E-state index in [9.17, 15) is 14.4 Å². The van der Waals surface area contributed by atoms with Crippen molar-refractivity contribution in [3.63, 3.8) is 0 Å². The van der Waals surface area contributed by atoms with Crippen LogP contribution in [0.1, 0.15) is 5.56 Å². The predicted molar refractivity (Wildman–Crippen MR) is 96.1 cm³/mol. The molecule has 1 aromatic heterocycles. The summed E-state index contributed by atoms with van der Waals surface area (Å²) in [5.41, 5.74) is 1.35. The summed E-state index contributed by atoms with van der Waals surface area (Å²) in [5, 5.41) is 11.1. The number of aromatic nitrogens is 1. The molecule has 0 saturated carbocycles. The molecule has 124 valence electrons. The summed E-state index contributed by atoms with van der Waals surface area (Å²) in [6, 6.07) is 8.47. The van der Waals surface area contributed by atoms with E-state index in [4.69, 9.17) is 0 Å². The number of amidine groups is 1. The molecule has 4 rings (SSSR count). The molecular formula is C16H11N5O3S. The fourth-order valence-electron chi connectivity index (χ4n) is 2.55. The van der Waals surface area contributed by atoms with Crippen LogP contribution < -0.4 is 15.6 Å². The third kappa shape index (κ3) is 2.64. The van der Waals surface area contributed by atoms with Gasteiger partial charge in [0.2, 0.25) is 11.3 Å². The summed E-state index contributed by atoms with van der Waals surface area (Å²) in [7, 11) is 0. The molecule has 9 heteroatoms. The van der Waals surface area contributed by atoms with Gasteiger partial charge in [0.25, 0.3) is 5.91 Å². The van der Waals surface area contributed by atoms with Gasteiger partial charge in [-0.1, -0.05) is 30.0 Å². The number of fused-ring (bicyclic) bond motifs is 1. The number of hydrogen-bond donors (Lipinski definition) is 2. The zero-order valence-corrected chi connectivity index (χ0v) is 13.5. The molecule has 0 aliphatic carbocycles. The summed E-state index contributed by atoms with van der Waals surface area (Å²) in [5.74, 6) is -0.471. The highest BCUT2D eigenvalue weighted by molar-refractivity contribution is 8.15. The topological polar surface area (TPSA) is 107 Å². The van der Waals surface area contributed by atoms with E-state index in [1.54, 1.807) is 18.2 Å². The molecule has 1 aromatic carbocycles. The second kappa shape index (κ2) is 6.02. The Bertz CT molecular complexity index is 1010. The van der Waals surface area contributed by atoms with Crippen LogP contribution in [0.3, 0.4) is 0 Å². The first-order valence-corrected chi connectivity index (χ1v) is 8.33. The van der Waals surface area contributed by atoms with Crippen LogP contribution in [0.15, 0.2) is 57.7 Å². The Morgan fingerprint density at radius 2 is 1.92 bits per heavy atom. The molecular weight excluding hydrogens is 342 g/mol. The molecule has 3 heterocycles. The van der Waals surface area contributed by atoms with Gasteiger partial charge >= 0.3 is 0 Å². The van der Waals surface area contributed by atoms with Gasteiger partial charge in [0.05, 0.1) is 11.4 Å². The highest BCUT2D eigenvalue weighted by Gasteiger charge is 2.32. The molecule has 1 saturated heterocycles. The van der Waals surface area contributed by atoms with Gasteiger partial charge in [-0.2, -0.15) is 0 Å². The number of carbonyl (C=O) groups is 2. The lowest BCUT2D eigenvalue weighted by atomic mass is 10.1. The van der Waals surface area contributed by atoms with Crippen LogP contribution in [0.5, 0.6) is 0 Å². The van der Waals surface area contributed by atoms with Gasteiger partial charge in [0.1, 0.15) is 5.69 Å². The summed E-state index contributed by atoms with van der Waals surface area (Å²) < 4.78 is 0. The largest absolute Gasteiger partial charge is 0.366 e. The minimum Gasteiger partial charge on any atom is -0.366 e. The van der Waals surface area contributed by atoms with Gasteiger partial charge in [-0.25, -0.2) is 0 Å². The lowest BCUT2D eigenvalue weighted by Gasteiger charge is -2.13. The molecule has 0 unspecified atom stereocenters. The Labute approximate surface area is 145 Å². The van der Waals surface area contributed by atoms with E-state index in [-0.39, 0.29) is 39.6 Å². The van der Waals surface area contributed by atoms with Crippen molar-refractivity contribution in [1.82, 2.24) is 4.98 Å². The van der Waals surface area contributed by atoms with Crippen LogP contribution in [0.2, 0.25) is 0 Å². The number of rotatable bonds is 2. The number of hydrogen-bond acceptors (Lipinski definition) is 6. The van der Waals surface area contributed by atoms with Gasteiger partial charge in [0.15, 0.2) is 10.9 Å². The summed E-state index contributed by atoms with van der Waals surface area (Å²) in [6.45, 7) is 0. The summed E-state index contributed by atoms with van der Waals surface area (Å²) in [4.78, 5) is 40.2. The zero-order valence-electron chi connectivity index (χ0n) is 12.7. The van der Waals surface area contributed by atoms with E-state index in [0.29, 0.717) is 11.3 Å². The van der Waals surface area contributed by atoms with Crippen molar-refractivity contribution in [3.05, 3.63) is 58.5 Å². The van der Waals surface area contributed by atoms with E-state index in [0.717, 1.165) is 11.8 Å². The highest BCUT2D eigenvalue weighted by Crippen LogP contribution is 2.26. The average molecular weight is 353 g/mol. The second-order valence-electron chi connectivity index (χ2n) is 5.24. The summed E-state index contributed by atoms with van der Waals surface area (Å²) >= 11 is 1.16. The molecule has 8 nitrogen and oxygen atoms in total. The van der Waals surface area contributed by atoms with Crippen LogP contribution >= 0.6 is 11.8 Å². The van der Waals surface area contributed by atoms with E-state index < -0.39 is 0 Å². The van der Waals surface area contributed by atoms with Crippen molar-refractivity contribution < 1.29 is 9.59 Å². The number of nitrogens with one attached hydrogen (secondary N) is 2. The quantitative estimate of drug-likeness (QED) is 0.790. The van der Waals surface area contributed by atoms with E-state index >= 15 is 0 Å². The van der Waals surface area contributed by atoms with Crippen LogP contribution in [-0.4, -0.2) is 33.4 Å². The molecule has 2 N–H and O–H groups in total. The van der Waals surface area contributed by atoms with Crippen molar-refractivity contribution in [2.45, 2.75) is 0 Å². The van der Waals surface area contributed by atoms with Crippen LogP contribution in [0.25, 0.3) is 0 Å². The Kier molecular flexibility index (Phi) is 3.69. The third-order valence-corrected chi connectivity index (χ3v) is 4.60. The molecule has 2 aromatic rings. The zero-order chi connectivity index (χ0) is 17.4. The average Bonchev–Trinajstić information content (AvgIpc) is 3.13. The first-order valence-electron chi connectivity index (χ1n) is 7.34. The number of aromatic amines is 1. The van der Waals surface area contributed by atoms with E-state index in [2.05, 4.69) is 20.5 Å². The van der Waals surface area contributed by atoms with Gasteiger partial charge < -0.3 is 10.3 Å². The first-order chi connectivity index (χ1) is 12.1. The normalized spacial score (nSPS) is 19.6. The van der Waals surface area contributed by atoms with Crippen LogP contribution in [0, 0.1) is 0 Å². The number of amides is 2. The minimum absolute atomic E-state index is 0.154. The highest BCUT2D eigenvalue weighted by atomic mass is 32.2. The maximum atomic E-state index is 12.1. The van der Waals surface area contributed by atoms with Crippen molar-refractivity contribution in [3.8, 4) is 0 Å². The number of nitrogens with zero attached hydrogens (tertiary/aromatic N) is 3. The molecule has 0 bridgehead atoms. The van der Waals surface area contributed by atoms with E-state index in [1.807, 2.05) is 6.07 Å². The maximum Gasteiger partial charge on any atom is 0.276 e. The smallest absolute Gasteiger partial charge is 0.276 e. The fourth-order valence-corrected chi connectivity index (χ4v) is 3.36. The number of carbonyl (C=O) groups excluding carboxylic acids is 2. The standard InChI is InChI=1S/C16H11N5O3S/c22-12-5-6-17-7-11(12)21-13(23)8-25-16(21)20-19-14-9-3-1-2-4-10(9)18-15(14)24/h1-7H,8H2,(H,17,22)(H,18,19,24)/b20-16+.